The second-order valence-electron chi connectivity index (χ2n) is 5.92. The summed E-state index contributed by atoms with van der Waals surface area (Å²) >= 11 is 0. The molecule has 5 nitrogen and oxygen atoms in total. The van der Waals surface area contributed by atoms with Crippen molar-refractivity contribution in [1.29, 1.82) is 0 Å². The molecule has 0 atom stereocenters. The van der Waals surface area contributed by atoms with Crippen LogP contribution in [0, 0.1) is 0 Å². The van der Waals surface area contributed by atoms with Crippen LogP contribution in [-0.2, 0) is 11.3 Å². The van der Waals surface area contributed by atoms with Crippen LogP contribution < -0.4 is 19.7 Å². The molecule has 0 spiro atoms. The lowest BCUT2D eigenvalue weighted by Crippen LogP contribution is -2.28. The van der Waals surface area contributed by atoms with E-state index in [1.165, 1.54) is 0 Å². The largest absolute Gasteiger partial charge is 0.490 e. The molecule has 0 aliphatic rings. The number of hydrogen-bond acceptors (Lipinski definition) is 4. The van der Waals surface area contributed by atoms with Gasteiger partial charge in [0.1, 0.15) is 0 Å². The molecule has 0 heterocycles. The summed E-state index contributed by atoms with van der Waals surface area (Å²) in [7, 11) is 3.99. The average molecular weight is 342 g/mol. The molecule has 0 aliphatic carbocycles. The lowest BCUT2D eigenvalue weighted by Gasteiger charge is -2.13. The third-order valence-electron chi connectivity index (χ3n) is 3.61. The lowest BCUT2D eigenvalue weighted by atomic mass is 10.2. The van der Waals surface area contributed by atoms with Gasteiger partial charge in [-0.1, -0.05) is 31.2 Å². The van der Waals surface area contributed by atoms with Gasteiger partial charge in [0.2, 0.25) is 0 Å². The van der Waals surface area contributed by atoms with Crippen LogP contribution in [0.25, 0.3) is 0 Å². The highest BCUT2D eigenvalue weighted by molar-refractivity contribution is 5.77. The number of nitrogens with one attached hydrogen (secondary N) is 1. The number of hydrogen-bond donors (Lipinski definition) is 1. The molecule has 25 heavy (non-hydrogen) atoms. The minimum atomic E-state index is -0.165. The average Bonchev–Trinajstić information content (AvgIpc) is 2.64. The van der Waals surface area contributed by atoms with Crippen molar-refractivity contribution in [1.82, 2.24) is 5.32 Å². The molecule has 2 aromatic rings. The van der Waals surface area contributed by atoms with Crippen LogP contribution in [-0.4, -0.2) is 33.2 Å². The Morgan fingerprint density at radius 1 is 1.00 bits per heavy atom. The smallest absolute Gasteiger partial charge is 0.258 e. The van der Waals surface area contributed by atoms with Crippen molar-refractivity contribution in [3.63, 3.8) is 0 Å². The molecular weight excluding hydrogens is 316 g/mol. The molecule has 0 bridgehead atoms. The molecule has 0 saturated heterocycles. The number of carbonyl (C=O) groups is 1. The van der Waals surface area contributed by atoms with Crippen LogP contribution in [0.2, 0.25) is 0 Å². The summed E-state index contributed by atoms with van der Waals surface area (Å²) in [5.74, 6) is 1.08. The van der Waals surface area contributed by atoms with Crippen molar-refractivity contribution >= 4 is 11.6 Å². The molecule has 0 unspecified atom stereocenters. The number of ether oxygens (including phenoxy) is 2. The first-order valence-electron chi connectivity index (χ1n) is 8.47. The monoisotopic (exact) mass is 342 g/mol. The van der Waals surface area contributed by atoms with Gasteiger partial charge in [-0.25, -0.2) is 0 Å². The van der Waals surface area contributed by atoms with Crippen molar-refractivity contribution in [2.24, 2.45) is 0 Å². The van der Waals surface area contributed by atoms with E-state index in [1.54, 1.807) is 6.07 Å². The van der Waals surface area contributed by atoms with Gasteiger partial charge in [0, 0.05) is 26.3 Å². The Labute approximate surface area is 149 Å². The molecular formula is C20H26N2O3. The van der Waals surface area contributed by atoms with E-state index in [-0.39, 0.29) is 12.5 Å². The van der Waals surface area contributed by atoms with Gasteiger partial charge in [0.05, 0.1) is 6.61 Å². The second kappa shape index (κ2) is 9.57. The number of nitrogens with zero attached hydrogens (tertiary/aromatic N) is 1. The van der Waals surface area contributed by atoms with Crippen molar-refractivity contribution < 1.29 is 14.3 Å². The molecule has 2 rings (SSSR count). The summed E-state index contributed by atoms with van der Waals surface area (Å²) < 4.78 is 11.2. The first-order valence-corrected chi connectivity index (χ1v) is 8.47. The van der Waals surface area contributed by atoms with Gasteiger partial charge in [0.15, 0.2) is 18.1 Å². The lowest BCUT2D eigenvalue weighted by molar-refractivity contribution is -0.123. The highest BCUT2D eigenvalue weighted by Crippen LogP contribution is 2.26. The van der Waals surface area contributed by atoms with Gasteiger partial charge in [0.25, 0.3) is 5.91 Å². The van der Waals surface area contributed by atoms with Crippen LogP contribution in [0.3, 0.4) is 0 Å². The Bertz CT molecular complexity index is 669. The van der Waals surface area contributed by atoms with Crippen LogP contribution in [0.15, 0.2) is 48.5 Å². The van der Waals surface area contributed by atoms with E-state index < -0.39 is 0 Å². The number of anilines is 1. The zero-order chi connectivity index (χ0) is 18.1. The fourth-order valence-electron chi connectivity index (χ4n) is 2.21. The van der Waals surface area contributed by atoms with E-state index in [2.05, 4.69) is 5.32 Å². The third-order valence-corrected chi connectivity index (χ3v) is 3.61. The van der Waals surface area contributed by atoms with Gasteiger partial charge < -0.3 is 19.7 Å². The Balaban J connectivity index is 1.81. The SMILES string of the molecule is CCCOc1ccccc1OCC(=O)NCc1ccc(N(C)C)cc1. The standard InChI is InChI=1S/C20H26N2O3/c1-4-13-24-18-7-5-6-8-19(18)25-15-20(23)21-14-16-9-11-17(12-10-16)22(2)3/h5-12H,4,13-15H2,1-3H3,(H,21,23). The highest BCUT2D eigenvalue weighted by atomic mass is 16.5. The fraction of sp³-hybridized carbons (Fsp3) is 0.350. The molecule has 0 fully saturated rings. The van der Waals surface area contributed by atoms with Crippen molar-refractivity contribution in [2.45, 2.75) is 19.9 Å². The van der Waals surface area contributed by atoms with Crippen molar-refractivity contribution in [2.75, 3.05) is 32.2 Å². The summed E-state index contributed by atoms with van der Waals surface area (Å²) in [4.78, 5) is 14.0. The van der Waals surface area contributed by atoms with Crippen molar-refractivity contribution in [3.8, 4) is 11.5 Å². The van der Waals surface area contributed by atoms with Crippen LogP contribution >= 0.6 is 0 Å². The normalized spacial score (nSPS) is 10.2. The maximum absolute atomic E-state index is 12.0. The Hall–Kier alpha value is -2.69. The van der Waals surface area contributed by atoms with Crippen LogP contribution in [0.5, 0.6) is 11.5 Å². The maximum Gasteiger partial charge on any atom is 0.258 e. The van der Waals surface area contributed by atoms with Gasteiger partial charge >= 0.3 is 0 Å². The van der Waals surface area contributed by atoms with E-state index in [0.717, 1.165) is 17.7 Å². The van der Waals surface area contributed by atoms with E-state index in [4.69, 9.17) is 9.47 Å². The topological polar surface area (TPSA) is 50.8 Å². The molecule has 0 aromatic heterocycles. The number of para-hydroxylation sites is 2. The summed E-state index contributed by atoms with van der Waals surface area (Å²) in [6.07, 6.45) is 0.918. The first-order chi connectivity index (χ1) is 12.1. The highest BCUT2D eigenvalue weighted by Gasteiger charge is 2.07. The Morgan fingerprint density at radius 2 is 1.64 bits per heavy atom. The van der Waals surface area contributed by atoms with Gasteiger partial charge in [-0.2, -0.15) is 0 Å². The molecule has 0 radical (unpaired) electrons. The van der Waals surface area contributed by atoms with Gasteiger partial charge in [-0.15, -0.1) is 0 Å². The minimum Gasteiger partial charge on any atom is -0.490 e. The minimum absolute atomic E-state index is 0.0394. The number of rotatable bonds is 9. The van der Waals surface area contributed by atoms with Gasteiger partial charge in [-0.3, -0.25) is 4.79 Å². The van der Waals surface area contributed by atoms with Crippen LogP contribution in [0.4, 0.5) is 5.69 Å². The number of amides is 1. The summed E-state index contributed by atoms with van der Waals surface area (Å²) in [6.45, 7) is 3.10. The molecule has 0 aliphatic heterocycles. The molecule has 5 heteroatoms. The zero-order valence-electron chi connectivity index (χ0n) is 15.1. The zero-order valence-corrected chi connectivity index (χ0v) is 15.1. The molecule has 134 valence electrons. The second-order valence-corrected chi connectivity index (χ2v) is 5.92. The van der Waals surface area contributed by atoms with Crippen LogP contribution in [0.1, 0.15) is 18.9 Å². The molecule has 0 saturated carbocycles. The number of benzene rings is 2. The Morgan fingerprint density at radius 3 is 2.24 bits per heavy atom. The van der Waals surface area contributed by atoms with E-state index in [9.17, 15) is 4.79 Å². The summed E-state index contributed by atoms with van der Waals surface area (Å²) in [5.41, 5.74) is 2.17. The Kier molecular flexibility index (Phi) is 7.14. The van der Waals surface area contributed by atoms with E-state index in [1.807, 2.05) is 68.4 Å². The van der Waals surface area contributed by atoms with E-state index >= 15 is 0 Å². The first kappa shape index (κ1) is 18.6. The predicted molar refractivity (Wildman–Crippen MR) is 100 cm³/mol. The third kappa shape index (κ3) is 6.03. The number of carbonyl (C=O) groups excluding carboxylic acids is 1. The quantitative estimate of drug-likeness (QED) is 0.760. The fourth-order valence-corrected chi connectivity index (χ4v) is 2.21. The molecule has 1 amide bonds. The van der Waals surface area contributed by atoms with Crippen molar-refractivity contribution in [3.05, 3.63) is 54.1 Å². The molecule has 2 aromatic carbocycles. The summed E-state index contributed by atoms with van der Waals surface area (Å²) in [6, 6.07) is 15.5. The van der Waals surface area contributed by atoms with Gasteiger partial charge in [-0.05, 0) is 36.2 Å². The maximum atomic E-state index is 12.0. The predicted octanol–water partition coefficient (Wildman–Crippen LogP) is 3.24. The molecule has 1 N–H and O–H groups in total. The van der Waals surface area contributed by atoms with E-state index in [0.29, 0.717) is 24.7 Å². The summed E-state index contributed by atoms with van der Waals surface area (Å²) in [5, 5.41) is 2.86.